The second-order valence-electron chi connectivity index (χ2n) is 2.53. The van der Waals surface area contributed by atoms with E-state index in [4.69, 9.17) is 0 Å². The Morgan fingerprint density at radius 2 is 1.62 bits per heavy atom. The highest BCUT2D eigenvalue weighted by atomic mass is 19.4. The number of carbonyl (C=O) groups excluding carboxylic acids is 1. The van der Waals surface area contributed by atoms with Gasteiger partial charge in [0.05, 0.1) is 6.10 Å². The van der Waals surface area contributed by atoms with Crippen LogP contribution in [0.1, 0.15) is 13.8 Å². The van der Waals surface area contributed by atoms with Crippen molar-refractivity contribution in [1.82, 2.24) is 0 Å². The highest BCUT2D eigenvalue weighted by Gasteiger charge is 2.64. The summed E-state index contributed by atoms with van der Waals surface area (Å²) >= 11 is 0. The van der Waals surface area contributed by atoms with Gasteiger partial charge in [-0.25, -0.2) is 0 Å². The zero-order valence-electron chi connectivity index (χ0n) is 6.78. The Bertz CT molecular complexity index is 200. The molecule has 2 nitrogen and oxygen atoms in total. The van der Waals surface area contributed by atoms with Gasteiger partial charge in [-0.1, -0.05) is 0 Å². The third-order valence-corrected chi connectivity index (χ3v) is 1.02. The normalized spacial score (nSPS) is 17.2. The largest absolute Gasteiger partial charge is 0.459 e. The summed E-state index contributed by atoms with van der Waals surface area (Å²) < 4.78 is 63.2. The average Bonchev–Trinajstić information content (AvgIpc) is 1.82. The zero-order chi connectivity index (χ0) is 10.9. The minimum atomic E-state index is -5.71. The summed E-state index contributed by atoms with van der Waals surface area (Å²) in [4.78, 5) is 9.76. The van der Waals surface area contributed by atoms with Crippen LogP contribution >= 0.6 is 0 Å². The van der Waals surface area contributed by atoms with E-state index in [1.165, 1.54) is 0 Å². The van der Waals surface area contributed by atoms with Crippen LogP contribution in [0.2, 0.25) is 0 Å². The van der Waals surface area contributed by atoms with Gasteiger partial charge in [0.25, 0.3) is 0 Å². The van der Waals surface area contributed by atoms with E-state index in [9.17, 15) is 26.7 Å². The Balaban J connectivity index is 4.85. The van der Waals surface area contributed by atoms with Crippen molar-refractivity contribution in [3.05, 3.63) is 0 Å². The zero-order valence-corrected chi connectivity index (χ0v) is 6.78. The number of rotatable bonds is 3. The quantitative estimate of drug-likeness (QED) is 0.522. The Morgan fingerprint density at radius 1 is 1.23 bits per heavy atom. The first-order valence-corrected chi connectivity index (χ1v) is 3.24. The first kappa shape index (κ1) is 12.3. The van der Waals surface area contributed by atoms with Gasteiger partial charge in [-0.2, -0.15) is 22.0 Å². The summed E-state index contributed by atoms with van der Waals surface area (Å²) in [6.07, 6.45) is -6.96. The second-order valence-corrected chi connectivity index (χ2v) is 2.53. The number of hydrogen-bond acceptors (Lipinski definition) is 2. The molecule has 0 aliphatic heterocycles. The van der Waals surface area contributed by atoms with Gasteiger partial charge in [0.2, 0.25) is 0 Å². The van der Waals surface area contributed by atoms with Crippen LogP contribution in [0.15, 0.2) is 0 Å². The monoisotopic (exact) mass is 206 g/mol. The predicted octanol–water partition coefficient (Wildman–Crippen LogP) is 2.14. The molecule has 0 heterocycles. The second kappa shape index (κ2) is 3.57. The number of ether oxygens (including phenoxy) is 1. The molecule has 0 bridgehead atoms. The maximum atomic E-state index is 12.6. The minimum absolute atomic E-state index is 1.04. The molecule has 0 saturated heterocycles. The molecule has 78 valence electrons. The van der Waals surface area contributed by atoms with Crippen molar-refractivity contribution in [3.63, 3.8) is 0 Å². The van der Waals surface area contributed by atoms with Crippen LogP contribution in [0.5, 0.6) is 0 Å². The molecule has 7 heteroatoms. The number of alkyl halides is 4. The maximum Gasteiger partial charge on any atom is 0.459 e. The van der Waals surface area contributed by atoms with Gasteiger partial charge in [-0.15, -0.1) is 0 Å². The predicted molar refractivity (Wildman–Crippen MR) is 32.2 cm³/mol. The first-order chi connectivity index (χ1) is 5.61. The van der Waals surface area contributed by atoms with E-state index in [-0.39, 0.29) is 0 Å². The summed E-state index contributed by atoms with van der Waals surface area (Å²) in [5.74, 6) is -4.85. The number of carbonyl (C=O) groups is 1. The van der Waals surface area contributed by atoms with E-state index < -0.39 is 24.2 Å². The van der Waals surface area contributed by atoms with Gasteiger partial charge in [0.1, 0.15) is 0 Å². The average molecular weight is 206 g/mol. The fourth-order valence-electron chi connectivity index (χ4n) is 0.549. The lowest BCUT2D eigenvalue weighted by Crippen LogP contribution is -2.50. The highest BCUT2D eigenvalue weighted by molar-refractivity contribution is 5.77. The standard InChI is InChI=1S/C6H7F5O2/c1-3(2)13-5(8,4(7)12)6(9,10)11/h3H,1-2H3. The van der Waals surface area contributed by atoms with Crippen molar-refractivity contribution in [3.8, 4) is 0 Å². The van der Waals surface area contributed by atoms with Crippen molar-refractivity contribution in [2.24, 2.45) is 0 Å². The van der Waals surface area contributed by atoms with Gasteiger partial charge in [0, 0.05) is 0 Å². The van der Waals surface area contributed by atoms with Crippen LogP contribution in [0.3, 0.4) is 0 Å². The fourth-order valence-corrected chi connectivity index (χ4v) is 0.549. The molecule has 0 fully saturated rings. The Kier molecular flexibility index (Phi) is 3.37. The van der Waals surface area contributed by atoms with Gasteiger partial charge in [0.15, 0.2) is 0 Å². The van der Waals surface area contributed by atoms with E-state index in [0.717, 1.165) is 13.8 Å². The highest BCUT2D eigenvalue weighted by Crippen LogP contribution is 2.37. The lowest BCUT2D eigenvalue weighted by atomic mass is 10.3. The molecule has 0 saturated carbocycles. The molecule has 0 aliphatic carbocycles. The van der Waals surface area contributed by atoms with Crippen LogP contribution in [-0.4, -0.2) is 24.2 Å². The smallest absolute Gasteiger partial charge is 0.328 e. The summed E-state index contributed by atoms with van der Waals surface area (Å²) in [5.41, 5.74) is 0. The van der Waals surface area contributed by atoms with Crippen LogP contribution in [-0.2, 0) is 9.53 Å². The SMILES string of the molecule is CC(C)OC(F)(C(=O)F)C(F)(F)F. The Hall–Kier alpha value is -0.720. The lowest BCUT2D eigenvalue weighted by molar-refractivity contribution is -0.327. The Labute approximate surface area is 70.7 Å². The third kappa shape index (κ3) is 2.61. The van der Waals surface area contributed by atoms with E-state index >= 15 is 0 Å². The molecule has 0 spiro atoms. The number of halogens is 5. The molecule has 13 heavy (non-hydrogen) atoms. The van der Waals surface area contributed by atoms with Crippen LogP contribution in [0.4, 0.5) is 22.0 Å². The Morgan fingerprint density at radius 3 is 1.69 bits per heavy atom. The van der Waals surface area contributed by atoms with Gasteiger partial charge >= 0.3 is 18.1 Å². The van der Waals surface area contributed by atoms with Crippen molar-refractivity contribution in [2.75, 3.05) is 0 Å². The summed E-state index contributed by atoms with van der Waals surface area (Å²) in [6, 6.07) is -3.20. The molecular formula is C6H7F5O2. The van der Waals surface area contributed by atoms with Crippen molar-refractivity contribution < 1.29 is 31.5 Å². The third-order valence-electron chi connectivity index (χ3n) is 1.02. The molecule has 0 aromatic rings. The maximum absolute atomic E-state index is 12.6. The number of hydrogen-bond donors (Lipinski definition) is 0. The molecule has 0 aromatic carbocycles. The van der Waals surface area contributed by atoms with Crippen molar-refractivity contribution >= 4 is 6.04 Å². The van der Waals surface area contributed by atoms with Crippen molar-refractivity contribution in [1.29, 1.82) is 0 Å². The van der Waals surface area contributed by atoms with Gasteiger partial charge in [-0.3, -0.25) is 4.79 Å². The molecule has 0 aliphatic rings. The molecule has 1 unspecified atom stereocenters. The summed E-state index contributed by atoms with van der Waals surface area (Å²) in [7, 11) is 0. The summed E-state index contributed by atoms with van der Waals surface area (Å²) in [5, 5.41) is 0. The molecule has 1 atom stereocenters. The molecule has 0 amide bonds. The van der Waals surface area contributed by atoms with Crippen LogP contribution in [0.25, 0.3) is 0 Å². The molecule has 0 rings (SSSR count). The first-order valence-electron chi connectivity index (χ1n) is 3.24. The lowest BCUT2D eigenvalue weighted by Gasteiger charge is -2.24. The molecule has 0 aromatic heterocycles. The minimum Gasteiger partial charge on any atom is -0.328 e. The van der Waals surface area contributed by atoms with Crippen molar-refractivity contribution in [2.45, 2.75) is 32.0 Å². The van der Waals surface area contributed by atoms with Crippen LogP contribution in [0, 0.1) is 0 Å². The van der Waals surface area contributed by atoms with E-state index in [2.05, 4.69) is 4.74 Å². The molecular weight excluding hydrogens is 199 g/mol. The van der Waals surface area contributed by atoms with Crippen LogP contribution < -0.4 is 0 Å². The fraction of sp³-hybridized carbons (Fsp3) is 0.833. The topological polar surface area (TPSA) is 26.3 Å². The van der Waals surface area contributed by atoms with E-state index in [1.54, 1.807) is 0 Å². The van der Waals surface area contributed by atoms with E-state index in [0.29, 0.717) is 0 Å². The van der Waals surface area contributed by atoms with Gasteiger partial charge in [-0.05, 0) is 13.8 Å². The van der Waals surface area contributed by atoms with E-state index in [1.807, 2.05) is 0 Å². The summed E-state index contributed by atoms with van der Waals surface area (Å²) in [6.45, 7) is 2.09. The molecule has 0 radical (unpaired) electrons. The van der Waals surface area contributed by atoms with Gasteiger partial charge < -0.3 is 4.74 Å². The molecule has 0 N–H and O–H groups in total.